The third-order valence-corrected chi connectivity index (χ3v) is 4.18. The predicted octanol–water partition coefficient (Wildman–Crippen LogP) is 2.28. The van der Waals surface area contributed by atoms with Gasteiger partial charge in [0.15, 0.2) is 0 Å². The number of amides is 1. The average molecular weight is 286 g/mol. The molecule has 0 aromatic heterocycles. The first-order valence-electron chi connectivity index (χ1n) is 7.28. The van der Waals surface area contributed by atoms with E-state index < -0.39 is 18.1 Å². The molecule has 1 fully saturated rings. The smallest absolute Gasteiger partial charge is 0.234 e. The number of carbonyl (C=O) groups is 1. The molecule has 1 heterocycles. The van der Waals surface area contributed by atoms with Gasteiger partial charge in [-0.25, -0.2) is 4.39 Å². The van der Waals surface area contributed by atoms with Crippen LogP contribution in [0.1, 0.15) is 12.0 Å². The summed E-state index contributed by atoms with van der Waals surface area (Å²) in [6, 6.07) is 14.1. The van der Waals surface area contributed by atoms with Crippen molar-refractivity contribution in [1.82, 2.24) is 4.90 Å². The number of alkyl halides is 1. The summed E-state index contributed by atoms with van der Waals surface area (Å²) in [6.07, 6.45) is 0.0769. The average Bonchev–Trinajstić information content (AvgIpc) is 2.86. The van der Waals surface area contributed by atoms with Crippen molar-refractivity contribution in [2.24, 2.45) is 5.73 Å². The van der Waals surface area contributed by atoms with Crippen LogP contribution < -0.4 is 5.73 Å². The van der Waals surface area contributed by atoms with E-state index in [9.17, 15) is 9.18 Å². The molecule has 0 aliphatic carbocycles. The summed E-state index contributed by atoms with van der Waals surface area (Å²) < 4.78 is 13.5. The Kier molecular flexibility index (Phi) is 3.88. The second kappa shape index (κ2) is 5.82. The Hall–Kier alpha value is -1.94. The standard InChI is InChI=1S/C17H19FN2O/c18-15-10-16(17(19)21)20(11-15)8-7-12-5-6-13-3-1-2-4-14(13)9-12/h1-6,9,15-16H,7-8,10-11H2,(H2,19,21)/t15-,16+/m1/s1. The van der Waals surface area contributed by atoms with Crippen molar-refractivity contribution in [2.75, 3.05) is 13.1 Å². The lowest BCUT2D eigenvalue weighted by atomic mass is 10.0. The maximum Gasteiger partial charge on any atom is 0.234 e. The van der Waals surface area contributed by atoms with Crippen LogP contribution in [0.15, 0.2) is 42.5 Å². The lowest BCUT2D eigenvalue weighted by Crippen LogP contribution is -2.41. The lowest BCUT2D eigenvalue weighted by Gasteiger charge is -2.21. The van der Waals surface area contributed by atoms with Gasteiger partial charge in [-0.05, 0) is 22.8 Å². The number of hydrogen-bond donors (Lipinski definition) is 1. The Morgan fingerprint density at radius 3 is 2.76 bits per heavy atom. The van der Waals surface area contributed by atoms with Crippen molar-refractivity contribution < 1.29 is 9.18 Å². The van der Waals surface area contributed by atoms with Gasteiger partial charge in [0.25, 0.3) is 0 Å². The van der Waals surface area contributed by atoms with Gasteiger partial charge >= 0.3 is 0 Å². The van der Waals surface area contributed by atoms with Crippen molar-refractivity contribution in [3.8, 4) is 0 Å². The highest BCUT2D eigenvalue weighted by Crippen LogP contribution is 2.21. The number of halogens is 1. The molecular weight excluding hydrogens is 267 g/mol. The number of carbonyl (C=O) groups excluding carboxylic acids is 1. The third kappa shape index (κ3) is 3.05. The van der Waals surface area contributed by atoms with E-state index in [4.69, 9.17) is 5.73 Å². The first-order chi connectivity index (χ1) is 10.1. The number of likely N-dealkylation sites (tertiary alicyclic amines) is 1. The Morgan fingerprint density at radius 1 is 1.24 bits per heavy atom. The van der Waals surface area contributed by atoms with Crippen molar-refractivity contribution in [2.45, 2.75) is 25.1 Å². The molecule has 2 aromatic carbocycles. The van der Waals surface area contributed by atoms with E-state index in [1.54, 1.807) is 0 Å². The molecule has 2 atom stereocenters. The molecule has 2 aromatic rings. The summed E-state index contributed by atoms with van der Waals surface area (Å²) in [5.41, 5.74) is 6.54. The summed E-state index contributed by atoms with van der Waals surface area (Å²) in [4.78, 5) is 13.2. The van der Waals surface area contributed by atoms with E-state index in [0.717, 1.165) is 6.42 Å². The molecular formula is C17H19FN2O. The Balaban J connectivity index is 1.69. The highest BCUT2D eigenvalue weighted by molar-refractivity contribution is 5.83. The maximum absolute atomic E-state index is 13.5. The van der Waals surface area contributed by atoms with Gasteiger partial charge in [0.05, 0.1) is 6.04 Å². The second-order valence-electron chi connectivity index (χ2n) is 5.68. The number of benzene rings is 2. The van der Waals surface area contributed by atoms with E-state index in [0.29, 0.717) is 13.1 Å². The van der Waals surface area contributed by atoms with Gasteiger partial charge in [-0.15, -0.1) is 0 Å². The van der Waals surface area contributed by atoms with E-state index in [-0.39, 0.29) is 6.42 Å². The number of rotatable bonds is 4. The van der Waals surface area contributed by atoms with Gasteiger partial charge in [0.1, 0.15) is 6.17 Å². The van der Waals surface area contributed by atoms with Crippen LogP contribution in [0.5, 0.6) is 0 Å². The summed E-state index contributed by atoms with van der Waals surface area (Å²) in [5.74, 6) is -0.423. The monoisotopic (exact) mass is 286 g/mol. The molecule has 110 valence electrons. The highest BCUT2D eigenvalue weighted by atomic mass is 19.1. The fourth-order valence-electron chi connectivity index (χ4n) is 3.06. The molecule has 0 bridgehead atoms. The second-order valence-corrected chi connectivity index (χ2v) is 5.68. The van der Waals surface area contributed by atoms with Gasteiger partial charge < -0.3 is 5.73 Å². The molecule has 1 saturated heterocycles. The minimum atomic E-state index is -0.945. The molecule has 0 saturated carbocycles. The van der Waals surface area contributed by atoms with E-state index in [1.807, 2.05) is 17.0 Å². The summed E-state index contributed by atoms with van der Waals surface area (Å²) >= 11 is 0. The minimum Gasteiger partial charge on any atom is -0.368 e. The summed E-state index contributed by atoms with van der Waals surface area (Å²) in [5, 5.41) is 2.41. The van der Waals surface area contributed by atoms with E-state index in [2.05, 4.69) is 30.3 Å². The Bertz CT molecular complexity index is 658. The first-order valence-corrected chi connectivity index (χ1v) is 7.28. The zero-order chi connectivity index (χ0) is 14.8. The molecule has 4 heteroatoms. The van der Waals surface area contributed by atoms with Crippen LogP contribution in [0.2, 0.25) is 0 Å². The molecule has 1 aliphatic heterocycles. The molecule has 0 radical (unpaired) electrons. The minimum absolute atomic E-state index is 0.229. The number of hydrogen-bond acceptors (Lipinski definition) is 2. The fraction of sp³-hybridized carbons (Fsp3) is 0.353. The summed E-state index contributed by atoms with van der Waals surface area (Å²) in [7, 11) is 0. The number of primary amides is 1. The van der Waals surface area contributed by atoms with Gasteiger partial charge in [-0.1, -0.05) is 42.5 Å². The predicted molar refractivity (Wildman–Crippen MR) is 81.7 cm³/mol. The first kappa shape index (κ1) is 14.0. The van der Waals surface area contributed by atoms with Crippen molar-refractivity contribution in [3.63, 3.8) is 0 Å². The van der Waals surface area contributed by atoms with Gasteiger partial charge in [0, 0.05) is 19.5 Å². The number of nitrogens with zero attached hydrogens (tertiary/aromatic N) is 1. The third-order valence-electron chi connectivity index (χ3n) is 4.18. The van der Waals surface area contributed by atoms with Gasteiger partial charge in [-0.3, -0.25) is 9.69 Å². The van der Waals surface area contributed by atoms with Crippen LogP contribution in [0, 0.1) is 0 Å². The zero-order valence-corrected chi connectivity index (χ0v) is 11.8. The van der Waals surface area contributed by atoms with Crippen LogP contribution in [0.4, 0.5) is 4.39 Å². The molecule has 1 amide bonds. The molecule has 0 spiro atoms. The lowest BCUT2D eigenvalue weighted by molar-refractivity contribution is -0.122. The van der Waals surface area contributed by atoms with E-state index in [1.165, 1.54) is 16.3 Å². The Morgan fingerprint density at radius 2 is 2.00 bits per heavy atom. The summed E-state index contributed by atoms with van der Waals surface area (Å²) in [6.45, 7) is 0.966. The van der Waals surface area contributed by atoms with Crippen LogP contribution in [-0.2, 0) is 11.2 Å². The van der Waals surface area contributed by atoms with Crippen LogP contribution >= 0.6 is 0 Å². The fourth-order valence-corrected chi connectivity index (χ4v) is 3.06. The molecule has 1 aliphatic rings. The van der Waals surface area contributed by atoms with Gasteiger partial charge in [-0.2, -0.15) is 0 Å². The van der Waals surface area contributed by atoms with Crippen LogP contribution in [0.3, 0.4) is 0 Å². The SMILES string of the molecule is NC(=O)[C@@H]1C[C@@H](F)CN1CCc1ccc2ccccc2c1. The quantitative estimate of drug-likeness (QED) is 0.937. The molecule has 3 rings (SSSR count). The maximum atomic E-state index is 13.5. The molecule has 3 nitrogen and oxygen atoms in total. The van der Waals surface area contributed by atoms with Gasteiger partial charge in [0.2, 0.25) is 5.91 Å². The van der Waals surface area contributed by atoms with Crippen LogP contribution in [-0.4, -0.2) is 36.1 Å². The molecule has 2 N–H and O–H groups in total. The van der Waals surface area contributed by atoms with Crippen LogP contribution in [0.25, 0.3) is 10.8 Å². The largest absolute Gasteiger partial charge is 0.368 e. The molecule has 21 heavy (non-hydrogen) atoms. The number of nitrogens with two attached hydrogens (primary N) is 1. The van der Waals surface area contributed by atoms with Crippen molar-refractivity contribution >= 4 is 16.7 Å². The Labute approximate surface area is 123 Å². The van der Waals surface area contributed by atoms with E-state index >= 15 is 0 Å². The normalized spacial score (nSPS) is 22.7. The molecule has 0 unspecified atom stereocenters. The topological polar surface area (TPSA) is 46.3 Å². The highest BCUT2D eigenvalue weighted by Gasteiger charge is 2.35. The zero-order valence-electron chi connectivity index (χ0n) is 11.8. The van der Waals surface area contributed by atoms with Crippen molar-refractivity contribution in [3.05, 3.63) is 48.0 Å². The number of fused-ring (bicyclic) bond motifs is 1. The van der Waals surface area contributed by atoms with Crippen molar-refractivity contribution in [1.29, 1.82) is 0 Å².